The zero-order valence-corrected chi connectivity index (χ0v) is 10.4. The summed E-state index contributed by atoms with van der Waals surface area (Å²) in [5, 5.41) is 8.68. The minimum absolute atomic E-state index is 0.187. The second-order valence-corrected chi connectivity index (χ2v) is 4.07. The third-order valence-electron chi connectivity index (χ3n) is 2.60. The molecule has 0 spiro atoms. The Hall–Kier alpha value is -2.74. The Kier molecular flexibility index (Phi) is 3.84. The molecule has 0 N–H and O–H groups in total. The van der Waals surface area contributed by atoms with Crippen molar-refractivity contribution >= 4 is 5.91 Å². The molecule has 0 aliphatic heterocycles. The molecule has 0 fully saturated rings. The summed E-state index contributed by atoms with van der Waals surface area (Å²) in [7, 11) is 1.70. The SMILES string of the molecule is CN(Cc1cccnc1)C(=O)c1ccc(C#N)cn1. The highest BCUT2D eigenvalue weighted by atomic mass is 16.2. The van der Waals surface area contributed by atoms with Gasteiger partial charge in [0.25, 0.3) is 5.91 Å². The molecule has 5 heteroatoms. The molecule has 2 aromatic rings. The van der Waals surface area contributed by atoms with E-state index in [2.05, 4.69) is 9.97 Å². The predicted molar refractivity (Wildman–Crippen MR) is 69.0 cm³/mol. The van der Waals surface area contributed by atoms with Crippen molar-refractivity contribution in [3.63, 3.8) is 0 Å². The molecule has 1 amide bonds. The summed E-state index contributed by atoms with van der Waals surface area (Å²) in [6, 6.07) is 8.84. The van der Waals surface area contributed by atoms with Gasteiger partial charge in [-0.15, -0.1) is 0 Å². The van der Waals surface area contributed by atoms with Crippen molar-refractivity contribution in [1.82, 2.24) is 14.9 Å². The van der Waals surface area contributed by atoms with Crippen molar-refractivity contribution in [3.05, 3.63) is 59.7 Å². The van der Waals surface area contributed by atoms with Crippen LogP contribution in [0.3, 0.4) is 0 Å². The lowest BCUT2D eigenvalue weighted by Crippen LogP contribution is -2.27. The molecule has 0 radical (unpaired) electrons. The van der Waals surface area contributed by atoms with Crippen LogP contribution < -0.4 is 0 Å². The van der Waals surface area contributed by atoms with E-state index in [1.165, 1.54) is 6.20 Å². The number of rotatable bonds is 3. The standard InChI is InChI=1S/C14H12N4O/c1-18(10-12-3-2-6-16-8-12)14(19)13-5-4-11(7-15)9-17-13/h2-6,8-9H,10H2,1H3. The number of carbonyl (C=O) groups is 1. The maximum atomic E-state index is 12.1. The zero-order chi connectivity index (χ0) is 13.7. The van der Waals surface area contributed by atoms with E-state index in [0.29, 0.717) is 17.8 Å². The largest absolute Gasteiger partial charge is 0.336 e. The first kappa shape index (κ1) is 12.7. The van der Waals surface area contributed by atoms with Gasteiger partial charge in [0.1, 0.15) is 11.8 Å². The number of hydrogen-bond donors (Lipinski definition) is 0. The number of nitriles is 1. The van der Waals surface area contributed by atoms with Gasteiger partial charge in [0.15, 0.2) is 0 Å². The van der Waals surface area contributed by atoms with Crippen LogP contribution >= 0.6 is 0 Å². The molecule has 2 rings (SSSR count). The van der Waals surface area contributed by atoms with E-state index in [0.717, 1.165) is 5.56 Å². The molecule has 0 saturated carbocycles. The molecule has 0 aromatic carbocycles. The van der Waals surface area contributed by atoms with Crippen LogP contribution in [0.4, 0.5) is 0 Å². The van der Waals surface area contributed by atoms with Crippen LogP contribution in [0.2, 0.25) is 0 Å². The third-order valence-corrected chi connectivity index (χ3v) is 2.60. The highest BCUT2D eigenvalue weighted by Gasteiger charge is 2.13. The molecule has 0 bridgehead atoms. The lowest BCUT2D eigenvalue weighted by atomic mass is 10.2. The van der Waals surface area contributed by atoms with Crippen LogP contribution in [0.5, 0.6) is 0 Å². The lowest BCUT2D eigenvalue weighted by molar-refractivity contribution is 0.0779. The molecule has 0 atom stereocenters. The van der Waals surface area contributed by atoms with E-state index in [1.54, 1.807) is 36.5 Å². The number of aromatic nitrogens is 2. The summed E-state index contributed by atoms with van der Waals surface area (Å²) in [5.41, 5.74) is 1.71. The molecule has 0 saturated heterocycles. The first-order chi connectivity index (χ1) is 9.20. The van der Waals surface area contributed by atoms with E-state index >= 15 is 0 Å². The second-order valence-electron chi connectivity index (χ2n) is 4.07. The van der Waals surface area contributed by atoms with Gasteiger partial charge >= 0.3 is 0 Å². The number of hydrogen-bond acceptors (Lipinski definition) is 4. The van der Waals surface area contributed by atoms with Crippen molar-refractivity contribution in [2.24, 2.45) is 0 Å². The Labute approximate surface area is 111 Å². The minimum Gasteiger partial charge on any atom is -0.336 e. The van der Waals surface area contributed by atoms with Gasteiger partial charge in [-0.1, -0.05) is 6.07 Å². The number of carbonyl (C=O) groups excluding carboxylic acids is 1. The van der Waals surface area contributed by atoms with E-state index in [4.69, 9.17) is 5.26 Å². The summed E-state index contributed by atoms with van der Waals surface area (Å²) in [6.07, 6.45) is 4.80. The van der Waals surface area contributed by atoms with Crippen LogP contribution in [0.15, 0.2) is 42.9 Å². The molecule has 5 nitrogen and oxygen atoms in total. The van der Waals surface area contributed by atoms with Gasteiger partial charge in [-0.3, -0.25) is 9.78 Å². The van der Waals surface area contributed by atoms with Gasteiger partial charge in [-0.2, -0.15) is 5.26 Å². The zero-order valence-electron chi connectivity index (χ0n) is 10.4. The van der Waals surface area contributed by atoms with Crippen molar-refractivity contribution in [2.75, 3.05) is 7.05 Å². The van der Waals surface area contributed by atoms with E-state index < -0.39 is 0 Å². The van der Waals surface area contributed by atoms with Gasteiger partial charge in [-0.25, -0.2) is 4.98 Å². The van der Waals surface area contributed by atoms with E-state index in [-0.39, 0.29) is 5.91 Å². The minimum atomic E-state index is -0.187. The number of pyridine rings is 2. The Morgan fingerprint density at radius 3 is 2.79 bits per heavy atom. The first-order valence-corrected chi connectivity index (χ1v) is 5.71. The summed E-state index contributed by atoms with van der Waals surface area (Å²) in [5.74, 6) is -0.187. The smallest absolute Gasteiger partial charge is 0.272 e. The first-order valence-electron chi connectivity index (χ1n) is 5.71. The predicted octanol–water partition coefficient (Wildman–Crippen LogP) is 1.62. The Morgan fingerprint density at radius 1 is 1.37 bits per heavy atom. The maximum Gasteiger partial charge on any atom is 0.272 e. The van der Waals surface area contributed by atoms with Gasteiger partial charge < -0.3 is 4.90 Å². The Bertz CT molecular complexity index is 602. The molecule has 94 valence electrons. The Balaban J connectivity index is 2.08. The van der Waals surface area contributed by atoms with Crippen LogP contribution in [-0.2, 0) is 6.54 Å². The van der Waals surface area contributed by atoms with Crippen molar-refractivity contribution < 1.29 is 4.79 Å². The molecule has 2 aromatic heterocycles. The van der Waals surface area contributed by atoms with Crippen LogP contribution in [0, 0.1) is 11.3 Å². The average molecular weight is 252 g/mol. The average Bonchev–Trinajstić information content (AvgIpc) is 2.47. The Morgan fingerprint density at radius 2 is 2.21 bits per heavy atom. The van der Waals surface area contributed by atoms with Gasteiger partial charge in [0.05, 0.1) is 5.56 Å². The van der Waals surface area contributed by atoms with Crippen LogP contribution in [0.1, 0.15) is 21.6 Å². The van der Waals surface area contributed by atoms with E-state index in [9.17, 15) is 4.79 Å². The number of nitrogens with zero attached hydrogens (tertiary/aromatic N) is 4. The van der Waals surface area contributed by atoms with Crippen molar-refractivity contribution in [3.8, 4) is 6.07 Å². The summed E-state index contributed by atoms with van der Waals surface area (Å²) < 4.78 is 0. The molecular weight excluding hydrogens is 240 g/mol. The molecular formula is C14H12N4O. The fourth-order valence-corrected chi connectivity index (χ4v) is 1.62. The van der Waals surface area contributed by atoms with Crippen LogP contribution in [0.25, 0.3) is 0 Å². The summed E-state index contributed by atoms with van der Waals surface area (Å²) in [4.78, 5) is 21.7. The maximum absolute atomic E-state index is 12.1. The van der Waals surface area contributed by atoms with Crippen LogP contribution in [-0.4, -0.2) is 27.8 Å². The summed E-state index contributed by atoms with van der Waals surface area (Å²) in [6.45, 7) is 0.467. The van der Waals surface area contributed by atoms with Gasteiger partial charge in [0, 0.05) is 32.2 Å². The fourth-order valence-electron chi connectivity index (χ4n) is 1.62. The molecule has 19 heavy (non-hydrogen) atoms. The topological polar surface area (TPSA) is 69.9 Å². The molecule has 2 heterocycles. The second kappa shape index (κ2) is 5.74. The normalized spacial score (nSPS) is 9.68. The van der Waals surface area contributed by atoms with Crippen molar-refractivity contribution in [1.29, 1.82) is 5.26 Å². The molecule has 0 aliphatic rings. The third kappa shape index (κ3) is 3.13. The molecule has 0 aliphatic carbocycles. The quantitative estimate of drug-likeness (QED) is 0.832. The highest BCUT2D eigenvalue weighted by Crippen LogP contribution is 2.06. The van der Waals surface area contributed by atoms with Gasteiger partial charge in [0.2, 0.25) is 0 Å². The molecule has 0 unspecified atom stereocenters. The monoisotopic (exact) mass is 252 g/mol. The number of amides is 1. The highest BCUT2D eigenvalue weighted by molar-refractivity contribution is 5.92. The fraction of sp³-hybridized carbons (Fsp3) is 0.143. The summed E-state index contributed by atoms with van der Waals surface area (Å²) >= 11 is 0. The van der Waals surface area contributed by atoms with Gasteiger partial charge in [-0.05, 0) is 23.8 Å². The lowest BCUT2D eigenvalue weighted by Gasteiger charge is -2.16. The van der Waals surface area contributed by atoms with Crippen molar-refractivity contribution in [2.45, 2.75) is 6.54 Å². The van der Waals surface area contributed by atoms with E-state index in [1.807, 2.05) is 18.2 Å².